The molecule has 1 aliphatic heterocycles. The van der Waals surface area contributed by atoms with Crippen LogP contribution in [-0.2, 0) is 13.5 Å². The minimum Gasteiger partial charge on any atom is -0.356 e. The molecule has 0 aromatic carbocycles. The minimum atomic E-state index is 0.438. The lowest BCUT2D eigenvalue weighted by Gasteiger charge is -2.42. The van der Waals surface area contributed by atoms with Crippen LogP contribution in [0.5, 0.6) is 0 Å². The molecule has 0 saturated carbocycles. The van der Waals surface area contributed by atoms with E-state index in [-0.39, 0.29) is 0 Å². The molecule has 0 aliphatic carbocycles. The van der Waals surface area contributed by atoms with E-state index in [1.807, 2.05) is 25.0 Å². The third-order valence-corrected chi connectivity index (χ3v) is 4.60. The van der Waals surface area contributed by atoms with Gasteiger partial charge in [0.1, 0.15) is 0 Å². The van der Waals surface area contributed by atoms with Crippen LogP contribution in [0.2, 0.25) is 0 Å². The highest BCUT2D eigenvalue weighted by molar-refractivity contribution is 5.80. The second kappa shape index (κ2) is 7.65. The highest BCUT2D eigenvalue weighted by Crippen LogP contribution is 2.33. The molecule has 0 radical (unpaired) electrons. The molecule has 2 rings (SSSR count). The van der Waals surface area contributed by atoms with Crippen LogP contribution in [0.1, 0.15) is 45.1 Å². The van der Waals surface area contributed by atoms with E-state index in [2.05, 4.69) is 40.4 Å². The van der Waals surface area contributed by atoms with Gasteiger partial charge in [-0.15, -0.1) is 0 Å². The van der Waals surface area contributed by atoms with E-state index in [9.17, 15) is 0 Å². The fourth-order valence-corrected chi connectivity index (χ4v) is 3.56. The van der Waals surface area contributed by atoms with Crippen LogP contribution in [0.4, 0.5) is 0 Å². The zero-order chi connectivity index (χ0) is 16.0. The summed E-state index contributed by atoms with van der Waals surface area (Å²) in [6.07, 6.45) is 10.2. The van der Waals surface area contributed by atoms with Crippen molar-refractivity contribution in [3.05, 3.63) is 18.0 Å². The van der Waals surface area contributed by atoms with Gasteiger partial charge in [0.15, 0.2) is 5.96 Å². The summed E-state index contributed by atoms with van der Waals surface area (Å²) in [4.78, 5) is 6.92. The Balaban J connectivity index is 1.85. The van der Waals surface area contributed by atoms with Gasteiger partial charge >= 0.3 is 0 Å². The molecule has 1 atom stereocenters. The molecule has 1 aromatic heterocycles. The highest BCUT2D eigenvalue weighted by Gasteiger charge is 2.31. The standard InChI is InChI=1S/C17H31N5/c1-5-8-17(2)9-6-11-22(14-17)16(18-3)19-10-7-15-12-20-21(4)13-15/h12-13H,5-11,14H2,1-4H3,(H,18,19). The molecular formula is C17H31N5. The number of aromatic nitrogens is 2. The van der Waals surface area contributed by atoms with E-state index in [1.54, 1.807) is 0 Å². The van der Waals surface area contributed by atoms with Crippen molar-refractivity contribution in [3.8, 4) is 0 Å². The Morgan fingerprint density at radius 2 is 2.32 bits per heavy atom. The molecule has 1 N–H and O–H groups in total. The Kier molecular flexibility index (Phi) is 5.86. The van der Waals surface area contributed by atoms with Crippen LogP contribution >= 0.6 is 0 Å². The summed E-state index contributed by atoms with van der Waals surface area (Å²) in [6, 6.07) is 0. The molecule has 1 aromatic rings. The number of nitrogens with zero attached hydrogens (tertiary/aromatic N) is 4. The Hall–Kier alpha value is -1.52. The molecule has 2 heterocycles. The fraction of sp³-hybridized carbons (Fsp3) is 0.765. The average molecular weight is 305 g/mol. The molecular weight excluding hydrogens is 274 g/mol. The number of rotatable bonds is 5. The lowest BCUT2D eigenvalue weighted by molar-refractivity contribution is 0.142. The van der Waals surface area contributed by atoms with Gasteiger partial charge in [-0.3, -0.25) is 9.67 Å². The molecule has 0 bridgehead atoms. The lowest BCUT2D eigenvalue weighted by Crippen LogP contribution is -2.50. The Morgan fingerprint density at radius 1 is 1.50 bits per heavy atom. The van der Waals surface area contributed by atoms with Crippen molar-refractivity contribution in [1.29, 1.82) is 0 Å². The molecule has 1 saturated heterocycles. The van der Waals surface area contributed by atoms with Crippen molar-refractivity contribution in [2.75, 3.05) is 26.7 Å². The zero-order valence-electron chi connectivity index (χ0n) is 14.6. The monoisotopic (exact) mass is 305 g/mol. The first-order chi connectivity index (χ1) is 10.6. The molecule has 1 aliphatic rings. The van der Waals surface area contributed by atoms with Gasteiger partial charge in [0.25, 0.3) is 0 Å². The maximum atomic E-state index is 4.48. The van der Waals surface area contributed by atoms with E-state index >= 15 is 0 Å². The molecule has 1 unspecified atom stereocenters. The summed E-state index contributed by atoms with van der Waals surface area (Å²) >= 11 is 0. The predicted molar refractivity (Wildman–Crippen MR) is 92.1 cm³/mol. The summed E-state index contributed by atoms with van der Waals surface area (Å²) in [5, 5.41) is 7.73. The first kappa shape index (κ1) is 16.8. The highest BCUT2D eigenvalue weighted by atomic mass is 15.3. The maximum Gasteiger partial charge on any atom is 0.193 e. The summed E-state index contributed by atoms with van der Waals surface area (Å²) in [7, 11) is 3.84. The van der Waals surface area contributed by atoms with Gasteiger partial charge in [-0.2, -0.15) is 5.10 Å². The Morgan fingerprint density at radius 3 is 2.95 bits per heavy atom. The third-order valence-electron chi connectivity index (χ3n) is 4.60. The number of likely N-dealkylation sites (tertiary alicyclic amines) is 1. The number of aliphatic imine (C=N–C) groups is 1. The number of piperidine rings is 1. The summed E-state index contributed by atoms with van der Waals surface area (Å²) < 4.78 is 1.85. The van der Waals surface area contributed by atoms with Crippen LogP contribution in [-0.4, -0.2) is 47.3 Å². The van der Waals surface area contributed by atoms with Gasteiger partial charge in [0.05, 0.1) is 6.20 Å². The quantitative estimate of drug-likeness (QED) is 0.671. The van der Waals surface area contributed by atoms with Crippen LogP contribution in [0.3, 0.4) is 0 Å². The zero-order valence-corrected chi connectivity index (χ0v) is 14.6. The molecule has 5 nitrogen and oxygen atoms in total. The van der Waals surface area contributed by atoms with Gasteiger partial charge in [-0.1, -0.05) is 20.3 Å². The van der Waals surface area contributed by atoms with Crippen molar-refractivity contribution in [2.45, 2.75) is 46.0 Å². The van der Waals surface area contributed by atoms with E-state index < -0.39 is 0 Å². The van der Waals surface area contributed by atoms with Crippen LogP contribution in [0, 0.1) is 5.41 Å². The minimum absolute atomic E-state index is 0.438. The van der Waals surface area contributed by atoms with Crippen molar-refractivity contribution >= 4 is 5.96 Å². The van der Waals surface area contributed by atoms with E-state index in [0.717, 1.165) is 32.0 Å². The van der Waals surface area contributed by atoms with Gasteiger partial charge in [0, 0.05) is 39.9 Å². The Bertz CT molecular complexity index is 489. The summed E-state index contributed by atoms with van der Waals surface area (Å²) in [6.45, 7) is 7.84. The fourth-order valence-electron chi connectivity index (χ4n) is 3.56. The topological polar surface area (TPSA) is 45.4 Å². The molecule has 0 spiro atoms. The third kappa shape index (κ3) is 4.49. The second-order valence-corrected chi connectivity index (χ2v) is 6.83. The van der Waals surface area contributed by atoms with Crippen LogP contribution < -0.4 is 5.32 Å². The number of hydrogen-bond acceptors (Lipinski definition) is 2. The average Bonchev–Trinajstić information content (AvgIpc) is 2.89. The van der Waals surface area contributed by atoms with Gasteiger partial charge in [0.2, 0.25) is 0 Å². The van der Waals surface area contributed by atoms with Crippen molar-refractivity contribution in [1.82, 2.24) is 20.0 Å². The number of aryl methyl sites for hydroxylation is 1. The maximum absolute atomic E-state index is 4.48. The van der Waals surface area contributed by atoms with Gasteiger partial charge in [-0.25, -0.2) is 0 Å². The normalized spacial score (nSPS) is 22.9. The molecule has 22 heavy (non-hydrogen) atoms. The van der Waals surface area contributed by atoms with Gasteiger partial charge in [-0.05, 0) is 36.7 Å². The number of hydrogen-bond donors (Lipinski definition) is 1. The van der Waals surface area contributed by atoms with E-state index in [1.165, 1.54) is 31.2 Å². The molecule has 1 fully saturated rings. The largest absolute Gasteiger partial charge is 0.356 e. The first-order valence-electron chi connectivity index (χ1n) is 8.49. The van der Waals surface area contributed by atoms with Crippen molar-refractivity contribution in [3.63, 3.8) is 0 Å². The summed E-state index contributed by atoms with van der Waals surface area (Å²) in [5.41, 5.74) is 1.70. The lowest BCUT2D eigenvalue weighted by atomic mass is 9.78. The van der Waals surface area contributed by atoms with Crippen LogP contribution in [0.15, 0.2) is 17.4 Å². The summed E-state index contributed by atoms with van der Waals surface area (Å²) in [5.74, 6) is 1.05. The molecule has 124 valence electrons. The second-order valence-electron chi connectivity index (χ2n) is 6.83. The molecule has 5 heteroatoms. The molecule has 0 amide bonds. The first-order valence-corrected chi connectivity index (χ1v) is 8.49. The SMILES string of the molecule is CCCC1(C)CCCN(C(=NC)NCCc2cnn(C)c2)C1. The van der Waals surface area contributed by atoms with Gasteiger partial charge < -0.3 is 10.2 Å². The number of nitrogens with one attached hydrogen (secondary N) is 1. The number of guanidine groups is 1. The van der Waals surface area contributed by atoms with Crippen molar-refractivity contribution in [2.24, 2.45) is 17.5 Å². The smallest absolute Gasteiger partial charge is 0.193 e. The predicted octanol–water partition coefficient (Wildman–Crippen LogP) is 2.44. The Labute approximate surface area is 134 Å². The van der Waals surface area contributed by atoms with Crippen molar-refractivity contribution < 1.29 is 0 Å². The van der Waals surface area contributed by atoms with Crippen LogP contribution in [0.25, 0.3) is 0 Å². The van der Waals surface area contributed by atoms with E-state index in [0.29, 0.717) is 5.41 Å². The van der Waals surface area contributed by atoms with E-state index in [4.69, 9.17) is 0 Å².